The van der Waals surface area contributed by atoms with Crippen LogP contribution in [-0.4, -0.2) is 12.9 Å². The van der Waals surface area contributed by atoms with Gasteiger partial charge in [-0.05, 0) is 12.0 Å². The molecular formula is C14H13ClO4. The summed E-state index contributed by atoms with van der Waals surface area (Å²) in [6, 6.07) is 3.03. The number of hydrogen-bond acceptors (Lipinski definition) is 4. The molecule has 2 rings (SSSR count). The molecule has 2 aromatic rings. The Labute approximate surface area is 114 Å². The van der Waals surface area contributed by atoms with E-state index >= 15 is 0 Å². The Morgan fingerprint density at radius 1 is 1.42 bits per heavy atom. The highest BCUT2D eigenvalue weighted by Crippen LogP contribution is 2.29. The zero-order chi connectivity index (χ0) is 14.0. The normalized spacial score (nSPS) is 10.9. The van der Waals surface area contributed by atoms with Crippen molar-refractivity contribution in [1.82, 2.24) is 0 Å². The molecule has 0 aliphatic rings. The molecule has 0 aliphatic carbocycles. The molecule has 5 heteroatoms. The van der Waals surface area contributed by atoms with Crippen molar-refractivity contribution < 1.29 is 13.9 Å². The standard InChI is InChI=1S/C14H13ClO4/c1-8(2)6-18-13-4-12-10(3-11(13)15)14(17)9(5-16)7-19-12/h3-5,7-8H,6H2,1-2H3. The summed E-state index contributed by atoms with van der Waals surface area (Å²) in [6.07, 6.45) is 1.60. The van der Waals surface area contributed by atoms with Crippen LogP contribution in [0, 0.1) is 5.92 Å². The van der Waals surface area contributed by atoms with Crippen LogP contribution in [0.1, 0.15) is 24.2 Å². The van der Waals surface area contributed by atoms with Gasteiger partial charge >= 0.3 is 0 Å². The zero-order valence-corrected chi connectivity index (χ0v) is 11.4. The van der Waals surface area contributed by atoms with Gasteiger partial charge in [0.1, 0.15) is 17.6 Å². The summed E-state index contributed by atoms with van der Waals surface area (Å²) in [6.45, 7) is 4.55. The van der Waals surface area contributed by atoms with Crippen LogP contribution in [0.15, 0.2) is 27.6 Å². The molecule has 0 N–H and O–H groups in total. The molecule has 0 atom stereocenters. The molecule has 4 nitrogen and oxygen atoms in total. The van der Waals surface area contributed by atoms with Crippen molar-refractivity contribution >= 4 is 28.9 Å². The third-order valence-corrected chi connectivity index (χ3v) is 2.85. The summed E-state index contributed by atoms with van der Waals surface area (Å²) >= 11 is 6.06. The number of hydrogen-bond donors (Lipinski definition) is 0. The lowest BCUT2D eigenvalue weighted by molar-refractivity contribution is 0.112. The van der Waals surface area contributed by atoms with Crippen LogP contribution in [0.5, 0.6) is 5.75 Å². The maximum absolute atomic E-state index is 11.9. The van der Waals surface area contributed by atoms with Crippen molar-refractivity contribution in [2.75, 3.05) is 6.61 Å². The molecule has 0 spiro atoms. The fourth-order valence-corrected chi connectivity index (χ4v) is 1.81. The van der Waals surface area contributed by atoms with Crippen molar-refractivity contribution in [3.8, 4) is 5.75 Å². The first-order valence-corrected chi connectivity index (χ1v) is 6.23. The van der Waals surface area contributed by atoms with Crippen LogP contribution >= 0.6 is 11.6 Å². The Balaban J connectivity index is 2.52. The minimum Gasteiger partial charge on any atom is -0.492 e. The average molecular weight is 281 g/mol. The molecule has 0 aliphatic heterocycles. The molecule has 0 saturated carbocycles. The van der Waals surface area contributed by atoms with Gasteiger partial charge in [0.25, 0.3) is 0 Å². The highest BCUT2D eigenvalue weighted by molar-refractivity contribution is 6.32. The van der Waals surface area contributed by atoms with Gasteiger partial charge in [-0.15, -0.1) is 0 Å². The van der Waals surface area contributed by atoms with Crippen LogP contribution < -0.4 is 10.2 Å². The van der Waals surface area contributed by atoms with Crippen LogP contribution in [0.25, 0.3) is 11.0 Å². The van der Waals surface area contributed by atoms with E-state index in [1.54, 1.807) is 6.07 Å². The second-order valence-corrected chi connectivity index (χ2v) is 5.03. The predicted molar refractivity (Wildman–Crippen MR) is 73.2 cm³/mol. The fraction of sp³-hybridized carbons (Fsp3) is 0.286. The first-order chi connectivity index (χ1) is 9.02. The number of carbonyl (C=O) groups excluding carboxylic acids is 1. The average Bonchev–Trinajstić information content (AvgIpc) is 2.37. The highest BCUT2D eigenvalue weighted by Gasteiger charge is 2.11. The Kier molecular flexibility index (Phi) is 3.90. The van der Waals surface area contributed by atoms with E-state index in [4.69, 9.17) is 20.8 Å². The third-order valence-electron chi connectivity index (χ3n) is 2.55. The van der Waals surface area contributed by atoms with E-state index in [0.717, 1.165) is 6.26 Å². The molecule has 0 amide bonds. The first kappa shape index (κ1) is 13.6. The van der Waals surface area contributed by atoms with E-state index < -0.39 is 5.43 Å². The summed E-state index contributed by atoms with van der Waals surface area (Å²) in [5, 5.41) is 0.593. The molecule has 1 aromatic carbocycles. The summed E-state index contributed by atoms with van der Waals surface area (Å²) in [5.74, 6) is 0.820. The van der Waals surface area contributed by atoms with Crippen molar-refractivity contribution in [3.63, 3.8) is 0 Å². The number of benzene rings is 1. The number of rotatable bonds is 4. The number of halogens is 1. The number of aldehydes is 1. The van der Waals surface area contributed by atoms with Gasteiger partial charge in [-0.1, -0.05) is 25.4 Å². The summed E-state index contributed by atoms with van der Waals surface area (Å²) < 4.78 is 10.8. The Morgan fingerprint density at radius 3 is 2.79 bits per heavy atom. The lowest BCUT2D eigenvalue weighted by Gasteiger charge is -2.10. The largest absolute Gasteiger partial charge is 0.492 e. The van der Waals surface area contributed by atoms with Gasteiger partial charge in [0.05, 0.1) is 22.6 Å². The Bertz CT molecular complexity index is 673. The lowest BCUT2D eigenvalue weighted by Crippen LogP contribution is -2.08. The molecule has 0 radical (unpaired) electrons. The molecule has 100 valence electrons. The minimum absolute atomic E-state index is 0.0283. The van der Waals surface area contributed by atoms with Crippen molar-refractivity contribution in [1.29, 1.82) is 0 Å². The van der Waals surface area contributed by atoms with Crippen LogP contribution in [-0.2, 0) is 0 Å². The van der Waals surface area contributed by atoms with Crippen LogP contribution in [0.4, 0.5) is 0 Å². The number of fused-ring (bicyclic) bond motifs is 1. The summed E-state index contributed by atoms with van der Waals surface area (Å²) in [7, 11) is 0. The molecule has 0 saturated heterocycles. The van der Waals surface area contributed by atoms with Crippen molar-refractivity contribution in [2.45, 2.75) is 13.8 Å². The minimum atomic E-state index is -0.395. The topological polar surface area (TPSA) is 56.5 Å². The van der Waals surface area contributed by atoms with Gasteiger partial charge in [-0.25, -0.2) is 0 Å². The van der Waals surface area contributed by atoms with E-state index in [9.17, 15) is 9.59 Å². The monoisotopic (exact) mass is 280 g/mol. The van der Waals surface area contributed by atoms with E-state index in [1.165, 1.54) is 6.07 Å². The first-order valence-electron chi connectivity index (χ1n) is 5.86. The molecule has 19 heavy (non-hydrogen) atoms. The second kappa shape index (κ2) is 5.45. The lowest BCUT2D eigenvalue weighted by atomic mass is 10.2. The predicted octanol–water partition coefficient (Wildman–Crippen LogP) is 3.29. The van der Waals surface area contributed by atoms with Gasteiger partial charge in [0.15, 0.2) is 6.29 Å². The third kappa shape index (κ3) is 2.79. The maximum Gasteiger partial charge on any atom is 0.203 e. The Morgan fingerprint density at radius 2 is 2.16 bits per heavy atom. The van der Waals surface area contributed by atoms with Gasteiger partial charge in [0.2, 0.25) is 5.43 Å². The van der Waals surface area contributed by atoms with Crippen molar-refractivity contribution in [2.24, 2.45) is 5.92 Å². The SMILES string of the molecule is CC(C)COc1cc2occ(C=O)c(=O)c2cc1Cl. The number of ether oxygens (including phenoxy) is 1. The van der Waals surface area contributed by atoms with Crippen molar-refractivity contribution in [3.05, 3.63) is 39.2 Å². The van der Waals surface area contributed by atoms with Gasteiger partial charge in [0, 0.05) is 6.07 Å². The van der Waals surface area contributed by atoms with E-state index in [-0.39, 0.29) is 10.9 Å². The Hall–Kier alpha value is -1.81. The van der Waals surface area contributed by atoms with E-state index in [2.05, 4.69) is 0 Å². The van der Waals surface area contributed by atoms with E-state index in [1.807, 2.05) is 13.8 Å². The molecule has 0 unspecified atom stereocenters. The number of carbonyl (C=O) groups is 1. The molecule has 1 aromatic heterocycles. The van der Waals surface area contributed by atoms with Gasteiger partial charge < -0.3 is 9.15 Å². The molecular weight excluding hydrogens is 268 g/mol. The van der Waals surface area contributed by atoms with Gasteiger partial charge in [-0.3, -0.25) is 9.59 Å². The van der Waals surface area contributed by atoms with Crippen LogP contribution in [0.3, 0.4) is 0 Å². The highest BCUT2D eigenvalue weighted by atomic mass is 35.5. The molecule has 0 fully saturated rings. The maximum atomic E-state index is 11.9. The summed E-state index contributed by atoms with van der Waals surface area (Å²) in [5.41, 5.74) is -0.0771. The molecule has 0 bridgehead atoms. The van der Waals surface area contributed by atoms with Gasteiger partial charge in [-0.2, -0.15) is 0 Å². The quantitative estimate of drug-likeness (QED) is 0.807. The van der Waals surface area contributed by atoms with E-state index in [0.29, 0.717) is 35.2 Å². The summed E-state index contributed by atoms with van der Waals surface area (Å²) in [4.78, 5) is 22.6. The second-order valence-electron chi connectivity index (χ2n) is 4.62. The molecule has 1 heterocycles. The van der Waals surface area contributed by atoms with Crippen LogP contribution in [0.2, 0.25) is 5.02 Å². The zero-order valence-electron chi connectivity index (χ0n) is 10.6. The smallest absolute Gasteiger partial charge is 0.203 e. The fourth-order valence-electron chi connectivity index (χ4n) is 1.59.